The van der Waals surface area contributed by atoms with Gasteiger partial charge in [0.25, 0.3) is 11.8 Å². The maximum absolute atomic E-state index is 12.7. The van der Waals surface area contributed by atoms with Crippen LogP contribution in [0.1, 0.15) is 39.6 Å². The molecule has 0 unspecified atom stereocenters. The van der Waals surface area contributed by atoms with Gasteiger partial charge in [0.15, 0.2) is 0 Å². The van der Waals surface area contributed by atoms with Crippen LogP contribution in [0, 0.1) is 0 Å². The molecular weight excluding hydrogens is 404 g/mol. The Morgan fingerprint density at radius 1 is 0.938 bits per heavy atom. The number of fused-ring (bicyclic) bond motifs is 1. The molecule has 6 heteroatoms. The zero-order valence-electron chi connectivity index (χ0n) is 17.6. The number of anilines is 2. The molecule has 0 saturated heterocycles. The fourth-order valence-corrected chi connectivity index (χ4v) is 3.40. The Labute approximate surface area is 186 Å². The van der Waals surface area contributed by atoms with Crippen LogP contribution in [0.4, 0.5) is 11.4 Å². The smallest absolute Gasteiger partial charge is 0.266 e. The average Bonchev–Trinajstić information content (AvgIpc) is 3.07. The average molecular weight is 426 g/mol. The van der Waals surface area contributed by atoms with Gasteiger partial charge in [-0.2, -0.15) is 0 Å². The number of carbonyl (C=O) groups excluding carboxylic acids is 3. The third-order valence-electron chi connectivity index (χ3n) is 4.95. The highest BCUT2D eigenvalue weighted by Crippen LogP contribution is 2.29. The summed E-state index contributed by atoms with van der Waals surface area (Å²) in [4.78, 5) is 38.8. The molecule has 0 atom stereocenters. The summed E-state index contributed by atoms with van der Waals surface area (Å²) in [5.74, 6) is -0.282. The zero-order valence-corrected chi connectivity index (χ0v) is 17.6. The van der Waals surface area contributed by atoms with Crippen molar-refractivity contribution >= 4 is 35.2 Å². The third-order valence-corrected chi connectivity index (χ3v) is 4.95. The fourth-order valence-electron chi connectivity index (χ4n) is 3.40. The third kappa shape index (κ3) is 4.44. The highest BCUT2D eigenvalue weighted by molar-refractivity contribution is 6.34. The van der Waals surface area contributed by atoms with Crippen molar-refractivity contribution in [1.29, 1.82) is 0 Å². The Bertz CT molecular complexity index is 1160. The van der Waals surface area contributed by atoms with Crippen molar-refractivity contribution in [3.63, 3.8) is 0 Å². The van der Waals surface area contributed by atoms with Crippen LogP contribution >= 0.6 is 0 Å². The van der Waals surface area contributed by atoms with E-state index in [2.05, 4.69) is 5.32 Å². The summed E-state index contributed by atoms with van der Waals surface area (Å²) in [6.45, 7) is 2.71. The molecule has 0 radical (unpaired) electrons. The number of carbonyl (C=O) groups is 3. The minimum Gasteiger partial charge on any atom is -0.494 e. The second-order valence-corrected chi connectivity index (χ2v) is 7.28. The van der Waals surface area contributed by atoms with Crippen LogP contribution in [-0.4, -0.2) is 24.3 Å². The van der Waals surface area contributed by atoms with Crippen LogP contribution in [0.3, 0.4) is 0 Å². The Balaban J connectivity index is 1.43. The molecular formula is C26H22N2O4. The molecule has 0 fully saturated rings. The molecule has 3 aromatic carbocycles. The Morgan fingerprint density at radius 2 is 1.62 bits per heavy atom. The van der Waals surface area contributed by atoms with E-state index in [1.54, 1.807) is 54.6 Å². The zero-order chi connectivity index (χ0) is 22.5. The van der Waals surface area contributed by atoms with Gasteiger partial charge in [0, 0.05) is 11.8 Å². The lowest BCUT2D eigenvalue weighted by Gasteiger charge is -2.15. The van der Waals surface area contributed by atoms with Gasteiger partial charge in [-0.1, -0.05) is 37.3 Å². The van der Waals surface area contributed by atoms with E-state index in [9.17, 15) is 14.4 Å². The molecule has 0 saturated carbocycles. The number of nitrogens with zero attached hydrogens (tertiary/aromatic N) is 1. The van der Waals surface area contributed by atoms with E-state index in [0.717, 1.165) is 22.6 Å². The van der Waals surface area contributed by atoms with Crippen LogP contribution in [0.2, 0.25) is 0 Å². The standard InChI is InChI=1S/C26H22N2O4/c1-2-16-32-21-13-10-18(11-14-21)12-15-24(29)27-19-6-5-7-20(17-19)28-25(30)22-8-3-4-9-23(22)26(28)31/h3-15,17H,2,16H2,1H3,(H,27,29)/b15-12+. The Hall–Kier alpha value is -4.19. The topological polar surface area (TPSA) is 75.7 Å². The van der Waals surface area contributed by atoms with E-state index in [1.165, 1.54) is 6.08 Å². The quantitative estimate of drug-likeness (QED) is 0.429. The summed E-state index contributed by atoms with van der Waals surface area (Å²) in [6, 6.07) is 20.8. The minimum atomic E-state index is -0.375. The lowest BCUT2D eigenvalue weighted by Crippen LogP contribution is -2.29. The van der Waals surface area contributed by atoms with Crippen molar-refractivity contribution in [2.75, 3.05) is 16.8 Å². The van der Waals surface area contributed by atoms with Crippen LogP contribution in [0.5, 0.6) is 5.75 Å². The molecule has 3 aromatic rings. The Kier molecular flexibility index (Phi) is 6.12. The summed E-state index contributed by atoms with van der Waals surface area (Å²) >= 11 is 0. The van der Waals surface area contributed by atoms with E-state index >= 15 is 0 Å². The first-order chi connectivity index (χ1) is 15.6. The number of hydrogen-bond donors (Lipinski definition) is 1. The summed E-state index contributed by atoms with van der Waals surface area (Å²) in [5, 5.41) is 2.77. The number of rotatable bonds is 7. The van der Waals surface area contributed by atoms with Crippen LogP contribution in [0.15, 0.2) is 78.9 Å². The number of ether oxygens (including phenoxy) is 1. The lowest BCUT2D eigenvalue weighted by atomic mass is 10.1. The summed E-state index contributed by atoms with van der Waals surface area (Å²) in [6.07, 6.45) is 4.07. The molecule has 0 spiro atoms. The first-order valence-corrected chi connectivity index (χ1v) is 10.4. The first-order valence-electron chi connectivity index (χ1n) is 10.4. The molecule has 1 aliphatic heterocycles. The van der Waals surface area contributed by atoms with Gasteiger partial charge < -0.3 is 10.1 Å². The monoisotopic (exact) mass is 426 g/mol. The van der Waals surface area contributed by atoms with Crippen molar-refractivity contribution in [3.8, 4) is 5.75 Å². The number of hydrogen-bond acceptors (Lipinski definition) is 4. The van der Waals surface area contributed by atoms with E-state index in [4.69, 9.17) is 4.74 Å². The van der Waals surface area contributed by atoms with Gasteiger partial charge >= 0.3 is 0 Å². The van der Waals surface area contributed by atoms with Crippen LogP contribution in [-0.2, 0) is 4.79 Å². The van der Waals surface area contributed by atoms with Crippen LogP contribution in [0.25, 0.3) is 6.08 Å². The lowest BCUT2D eigenvalue weighted by molar-refractivity contribution is -0.111. The molecule has 6 nitrogen and oxygen atoms in total. The molecule has 1 heterocycles. The Morgan fingerprint density at radius 3 is 2.28 bits per heavy atom. The molecule has 0 aromatic heterocycles. The predicted molar refractivity (Wildman–Crippen MR) is 124 cm³/mol. The van der Waals surface area contributed by atoms with Gasteiger partial charge in [-0.15, -0.1) is 0 Å². The maximum Gasteiger partial charge on any atom is 0.266 e. The summed E-state index contributed by atoms with van der Waals surface area (Å²) < 4.78 is 5.55. The van der Waals surface area contributed by atoms with Crippen molar-refractivity contribution in [2.45, 2.75) is 13.3 Å². The van der Waals surface area contributed by atoms with Crippen molar-refractivity contribution in [2.24, 2.45) is 0 Å². The molecule has 1 N–H and O–H groups in total. The molecule has 32 heavy (non-hydrogen) atoms. The van der Waals surface area contributed by atoms with Crippen molar-refractivity contribution in [3.05, 3.63) is 95.6 Å². The van der Waals surface area contributed by atoms with E-state index < -0.39 is 0 Å². The molecule has 0 aliphatic carbocycles. The molecule has 1 aliphatic rings. The van der Waals surface area contributed by atoms with E-state index in [0.29, 0.717) is 29.1 Å². The first kappa shape index (κ1) is 21.1. The number of nitrogens with one attached hydrogen (secondary N) is 1. The number of amides is 3. The molecule has 3 amide bonds. The molecule has 4 rings (SSSR count). The van der Waals surface area contributed by atoms with Gasteiger partial charge in [0.1, 0.15) is 5.75 Å². The minimum absolute atomic E-state index is 0.323. The second kappa shape index (κ2) is 9.31. The normalized spacial score (nSPS) is 12.8. The van der Waals surface area contributed by atoms with Gasteiger partial charge in [-0.25, -0.2) is 4.90 Å². The van der Waals surface area contributed by atoms with E-state index in [-0.39, 0.29) is 17.7 Å². The van der Waals surface area contributed by atoms with Gasteiger partial charge in [-0.05, 0) is 60.5 Å². The highest BCUT2D eigenvalue weighted by Gasteiger charge is 2.36. The van der Waals surface area contributed by atoms with Gasteiger partial charge in [0.05, 0.1) is 23.4 Å². The molecule has 160 valence electrons. The fraction of sp³-hybridized carbons (Fsp3) is 0.115. The summed E-state index contributed by atoms with van der Waals surface area (Å²) in [5.41, 5.74) is 2.50. The largest absolute Gasteiger partial charge is 0.494 e. The van der Waals surface area contributed by atoms with Crippen molar-refractivity contribution in [1.82, 2.24) is 0 Å². The summed E-state index contributed by atoms with van der Waals surface area (Å²) in [7, 11) is 0. The van der Waals surface area contributed by atoms with E-state index in [1.807, 2.05) is 31.2 Å². The highest BCUT2D eigenvalue weighted by atomic mass is 16.5. The van der Waals surface area contributed by atoms with Crippen LogP contribution < -0.4 is 15.0 Å². The maximum atomic E-state index is 12.7. The molecule has 0 bridgehead atoms. The number of benzene rings is 3. The van der Waals surface area contributed by atoms with Gasteiger partial charge in [0.2, 0.25) is 5.91 Å². The SMILES string of the molecule is CCCOc1ccc(/C=C/C(=O)Nc2cccc(N3C(=O)c4ccccc4C3=O)c2)cc1. The number of imide groups is 1. The predicted octanol–water partition coefficient (Wildman–Crippen LogP) is 4.93. The van der Waals surface area contributed by atoms with Gasteiger partial charge in [-0.3, -0.25) is 14.4 Å². The van der Waals surface area contributed by atoms with Crippen molar-refractivity contribution < 1.29 is 19.1 Å². The second-order valence-electron chi connectivity index (χ2n) is 7.28.